The molecule has 1 rings (SSSR count). The quantitative estimate of drug-likeness (QED) is 0.587. The van der Waals surface area contributed by atoms with Crippen LogP contribution in [0.4, 0.5) is 0 Å². The van der Waals surface area contributed by atoms with Crippen LogP contribution in [0.15, 0.2) is 17.3 Å². The van der Waals surface area contributed by atoms with Crippen molar-refractivity contribution < 1.29 is 9.94 Å². The van der Waals surface area contributed by atoms with Crippen LogP contribution in [0.1, 0.15) is 11.1 Å². The summed E-state index contributed by atoms with van der Waals surface area (Å²) in [6.45, 7) is 1.80. The summed E-state index contributed by atoms with van der Waals surface area (Å²) in [5.74, 6) is 0.141. The first-order valence-electron chi connectivity index (χ1n) is 3.71. The van der Waals surface area contributed by atoms with Crippen molar-refractivity contribution >= 4 is 17.8 Å². The summed E-state index contributed by atoms with van der Waals surface area (Å²) < 4.78 is 0. The van der Waals surface area contributed by atoms with Crippen LogP contribution in [0, 0.1) is 6.92 Å². The van der Waals surface area contributed by atoms with Crippen molar-refractivity contribution in [2.24, 2.45) is 5.16 Å². The van der Waals surface area contributed by atoms with E-state index >= 15 is 0 Å². The molecule has 0 unspecified atom stereocenters. The first-order valence-corrected chi connectivity index (χ1v) is 4.09. The lowest BCUT2D eigenvalue weighted by Crippen LogP contribution is -1.89. The third-order valence-electron chi connectivity index (χ3n) is 1.71. The van der Waals surface area contributed by atoms with Gasteiger partial charge in [-0.25, -0.2) is 0 Å². The Morgan fingerprint density at radius 2 is 2.23 bits per heavy atom. The fourth-order valence-electron chi connectivity index (χ4n) is 0.956. The molecule has 70 valence electrons. The minimum atomic E-state index is 0.141. The Hall–Kier alpha value is -1.22. The smallest absolute Gasteiger partial charge is 0.124 e. The fraction of sp³-hybridized carbons (Fsp3) is 0.222. The van der Waals surface area contributed by atoms with E-state index in [-0.39, 0.29) is 5.75 Å². The van der Waals surface area contributed by atoms with Gasteiger partial charge in [0, 0.05) is 10.6 Å². The molecule has 0 saturated heterocycles. The van der Waals surface area contributed by atoms with E-state index in [0.717, 1.165) is 5.56 Å². The molecular formula is C9H10ClNO2. The van der Waals surface area contributed by atoms with Crippen LogP contribution < -0.4 is 0 Å². The topological polar surface area (TPSA) is 41.8 Å². The van der Waals surface area contributed by atoms with Crippen molar-refractivity contribution in [2.45, 2.75) is 6.92 Å². The third kappa shape index (κ3) is 2.12. The van der Waals surface area contributed by atoms with Crippen molar-refractivity contribution in [3.63, 3.8) is 0 Å². The summed E-state index contributed by atoms with van der Waals surface area (Å²) in [6.07, 6.45) is 1.43. The van der Waals surface area contributed by atoms with Crippen molar-refractivity contribution in [1.82, 2.24) is 0 Å². The van der Waals surface area contributed by atoms with Gasteiger partial charge in [0.25, 0.3) is 0 Å². The van der Waals surface area contributed by atoms with E-state index in [9.17, 15) is 5.11 Å². The Bertz CT molecular complexity index is 337. The minimum absolute atomic E-state index is 0.141. The van der Waals surface area contributed by atoms with Gasteiger partial charge < -0.3 is 9.94 Å². The van der Waals surface area contributed by atoms with Crippen LogP contribution in [-0.4, -0.2) is 18.4 Å². The molecule has 0 saturated carbocycles. The molecule has 0 aromatic heterocycles. The number of hydrogen-bond donors (Lipinski definition) is 1. The number of rotatable bonds is 2. The maximum Gasteiger partial charge on any atom is 0.124 e. The summed E-state index contributed by atoms with van der Waals surface area (Å²) in [6, 6.07) is 3.16. The van der Waals surface area contributed by atoms with Crippen molar-refractivity contribution in [2.75, 3.05) is 7.11 Å². The van der Waals surface area contributed by atoms with Crippen LogP contribution in [0.2, 0.25) is 5.02 Å². The van der Waals surface area contributed by atoms with Gasteiger partial charge in [-0.2, -0.15) is 0 Å². The number of nitrogens with zero attached hydrogens (tertiary/aromatic N) is 1. The van der Waals surface area contributed by atoms with Crippen molar-refractivity contribution in [3.8, 4) is 5.75 Å². The zero-order valence-corrected chi connectivity index (χ0v) is 8.17. The van der Waals surface area contributed by atoms with Crippen LogP contribution >= 0.6 is 11.6 Å². The summed E-state index contributed by atoms with van der Waals surface area (Å²) in [4.78, 5) is 4.51. The number of aromatic hydroxyl groups is 1. The van der Waals surface area contributed by atoms with E-state index in [1.165, 1.54) is 19.4 Å². The highest BCUT2D eigenvalue weighted by molar-refractivity contribution is 6.31. The molecular weight excluding hydrogens is 190 g/mol. The third-order valence-corrected chi connectivity index (χ3v) is 2.12. The standard InChI is InChI=1S/C9H10ClNO2/c1-6-7(5-11-13-2)9(12)4-3-8(6)10/h3-5,12H,1-2H3/b11-5+. The van der Waals surface area contributed by atoms with E-state index in [2.05, 4.69) is 9.99 Å². The minimum Gasteiger partial charge on any atom is -0.507 e. The average Bonchev–Trinajstić information content (AvgIpc) is 2.12. The first kappa shape index (κ1) is 9.86. The van der Waals surface area contributed by atoms with Gasteiger partial charge in [0.1, 0.15) is 12.9 Å². The number of phenolic OH excluding ortho intramolecular Hbond substituents is 1. The molecule has 0 bridgehead atoms. The molecule has 13 heavy (non-hydrogen) atoms. The molecule has 0 amide bonds. The fourth-order valence-corrected chi connectivity index (χ4v) is 1.12. The first-order chi connectivity index (χ1) is 6.16. The van der Waals surface area contributed by atoms with Gasteiger partial charge >= 0.3 is 0 Å². The molecule has 0 heterocycles. The maximum atomic E-state index is 9.44. The highest BCUT2D eigenvalue weighted by Gasteiger charge is 2.05. The highest BCUT2D eigenvalue weighted by atomic mass is 35.5. The molecule has 0 spiro atoms. The summed E-state index contributed by atoms with van der Waals surface area (Å²) in [7, 11) is 1.44. The number of halogens is 1. The second-order valence-electron chi connectivity index (χ2n) is 2.52. The maximum absolute atomic E-state index is 9.44. The number of phenols is 1. The van der Waals surface area contributed by atoms with E-state index in [1.54, 1.807) is 13.0 Å². The summed E-state index contributed by atoms with van der Waals surface area (Å²) >= 11 is 5.85. The molecule has 1 aromatic rings. The molecule has 0 aliphatic heterocycles. The van der Waals surface area contributed by atoms with Crippen LogP contribution in [0.25, 0.3) is 0 Å². The van der Waals surface area contributed by atoms with Gasteiger partial charge in [0.15, 0.2) is 0 Å². The lowest BCUT2D eigenvalue weighted by atomic mass is 10.1. The molecule has 0 radical (unpaired) electrons. The Kier molecular flexibility index (Phi) is 3.14. The van der Waals surface area contributed by atoms with E-state index in [0.29, 0.717) is 10.6 Å². The molecule has 0 aliphatic rings. The average molecular weight is 200 g/mol. The monoisotopic (exact) mass is 199 g/mol. The van der Waals surface area contributed by atoms with Gasteiger partial charge in [-0.15, -0.1) is 0 Å². The van der Waals surface area contributed by atoms with E-state index in [4.69, 9.17) is 11.6 Å². The molecule has 0 fully saturated rings. The van der Waals surface area contributed by atoms with Crippen LogP contribution in [-0.2, 0) is 4.84 Å². The van der Waals surface area contributed by atoms with E-state index in [1.807, 2.05) is 0 Å². The van der Waals surface area contributed by atoms with E-state index < -0.39 is 0 Å². The highest BCUT2D eigenvalue weighted by Crippen LogP contribution is 2.25. The Balaban J connectivity index is 3.17. The van der Waals surface area contributed by atoms with Crippen LogP contribution in [0.3, 0.4) is 0 Å². The van der Waals surface area contributed by atoms with Gasteiger partial charge in [0.05, 0.1) is 6.21 Å². The zero-order valence-electron chi connectivity index (χ0n) is 7.41. The zero-order chi connectivity index (χ0) is 9.84. The van der Waals surface area contributed by atoms with Crippen molar-refractivity contribution in [1.29, 1.82) is 0 Å². The molecule has 1 aromatic carbocycles. The number of hydrogen-bond acceptors (Lipinski definition) is 3. The Morgan fingerprint density at radius 1 is 1.54 bits per heavy atom. The molecule has 0 atom stereocenters. The number of benzene rings is 1. The van der Waals surface area contributed by atoms with Gasteiger partial charge in [-0.05, 0) is 24.6 Å². The normalized spacial score (nSPS) is 10.7. The molecule has 4 heteroatoms. The second kappa shape index (κ2) is 4.14. The van der Waals surface area contributed by atoms with Gasteiger partial charge in [0.2, 0.25) is 0 Å². The largest absolute Gasteiger partial charge is 0.507 e. The SMILES string of the molecule is CO/N=C/c1c(O)ccc(Cl)c1C. The Morgan fingerprint density at radius 3 is 2.85 bits per heavy atom. The van der Waals surface area contributed by atoms with Gasteiger partial charge in [-0.3, -0.25) is 0 Å². The molecule has 0 aliphatic carbocycles. The molecule has 1 N–H and O–H groups in total. The van der Waals surface area contributed by atoms with Gasteiger partial charge in [-0.1, -0.05) is 16.8 Å². The summed E-state index contributed by atoms with van der Waals surface area (Å²) in [5, 5.41) is 13.6. The predicted octanol–water partition coefficient (Wildman–Crippen LogP) is 2.33. The second-order valence-corrected chi connectivity index (χ2v) is 2.93. The van der Waals surface area contributed by atoms with Crippen molar-refractivity contribution in [3.05, 3.63) is 28.3 Å². The van der Waals surface area contributed by atoms with Crippen LogP contribution in [0.5, 0.6) is 5.75 Å². The Labute approximate surface area is 81.6 Å². The molecule has 3 nitrogen and oxygen atoms in total. The predicted molar refractivity (Wildman–Crippen MR) is 52.5 cm³/mol. The lowest BCUT2D eigenvalue weighted by molar-refractivity contribution is 0.215. The number of oxime groups is 1. The lowest BCUT2D eigenvalue weighted by Gasteiger charge is -2.04. The summed E-state index contributed by atoms with van der Waals surface area (Å²) in [5.41, 5.74) is 1.36.